The molecule has 4 saturated heterocycles. The third-order valence-corrected chi connectivity index (χ3v) is 13.5. The highest BCUT2D eigenvalue weighted by molar-refractivity contribution is 6.10. The Labute approximate surface area is 367 Å². The molecule has 4 aliphatic heterocycles. The van der Waals surface area contributed by atoms with Crippen molar-refractivity contribution in [3.63, 3.8) is 0 Å². The van der Waals surface area contributed by atoms with Gasteiger partial charge >= 0.3 is 23.9 Å². The van der Waals surface area contributed by atoms with Crippen molar-refractivity contribution in [1.82, 2.24) is 20.3 Å². The Balaban J connectivity index is 1.63. The summed E-state index contributed by atoms with van der Waals surface area (Å²) < 4.78 is 24.5. The van der Waals surface area contributed by atoms with E-state index in [-0.39, 0.29) is 73.6 Å². The highest BCUT2D eigenvalue weighted by atomic mass is 16.6. The fraction of sp³-hybridized carbons (Fsp3) is 0.783. The maximum atomic E-state index is 14.6. The lowest BCUT2D eigenvalue weighted by atomic mass is 9.80. The molecule has 350 valence electrons. The van der Waals surface area contributed by atoms with E-state index in [0.29, 0.717) is 0 Å². The summed E-state index contributed by atoms with van der Waals surface area (Å²) in [5.74, 6) is -3.80. The van der Waals surface area contributed by atoms with Crippen molar-refractivity contribution in [3.8, 4) is 0 Å². The maximum absolute atomic E-state index is 14.6. The van der Waals surface area contributed by atoms with Gasteiger partial charge in [-0.3, -0.25) is 0 Å². The molecule has 0 radical (unpaired) electrons. The molecule has 5 rings (SSSR count). The molecule has 16 heteroatoms. The van der Waals surface area contributed by atoms with Gasteiger partial charge in [0, 0.05) is 95.7 Å². The quantitative estimate of drug-likeness (QED) is 0.145. The summed E-state index contributed by atoms with van der Waals surface area (Å²) in [7, 11) is 0. The van der Waals surface area contributed by atoms with Crippen LogP contribution in [-0.4, -0.2) is 134 Å². The van der Waals surface area contributed by atoms with Gasteiger partial charge in [-0.2, -0.15) is 20.3 Å². The van der Waals surface area contributed by atoms with Crippen molar-refractivity contribution >= 4 is 23.9 Å². The first-order valence-corrected chi connectivity index (χ1v) is 21.9. The maximum Gasteiger partial charge on any atom is 0.339 e. The summed E-state index contributed by atoms with van der Waals surface area (Å²) in [6, 6.07) is 2.28. The van der Waals surface area contributed by atoms with Crippen LogP contribution in [0.25, 0.3) is 0 Å². The molecule has 16 nitrogen and oxygen atoms in total. The van der Waals surface area contributed by atoms with Gasteiger partial charge in [0.1, 0.15) is 24.4 Å². The van der Waals surface area contributed by atoms with Crippen LogP contribution in [0.4, 0.5) is 0 Å². The molecule has 4 heterocycles. The first-order valence-electron chi connectivity index (χ1n) is 21.9. The second-order valence-electron chi connectivity index (χ2n) is 23.4. The van der Waals surface area contributed by atoms with E-state index >= 15 is 0 Å². The van der Waals surface area contributed by atoms with Gasteiger partial charge in [-0.1, -0.05) is 0 Å². The summed E-state index contributed by atoms with van der Waals surface area (Å²) in [6.45, 7) is 29.2. The Morgan fingerprint density at radius 1 is 0.355 bits per heavy atom. The molecule has 0 bridgehead atoms. The molecule has 0 saturated carbocycles. The van der Waals surface area contributed by atoms with E-state index in [2.05, 4.69) is 0 Å². The van der Waals surface area contributed by atoms with Crippen molar-refractivity contribution in [1.29, 1.82) is 0 Å². The monoisotopic (exact) mass is 875 g/mol. The number of rotatable bonds is 8. The summed E-state index contributed by atoms with van der Waals surface area (Å²) in [5, 5.41) is 48.9. The van der Waals surface area contributed by atoms with E-state index in [1.807, 2.05) is 111 Å². The summed E-state index contributed by atoms with van der Waals surface area (Å²) in [4.78, 5) is 58.2. The topological polar surface area (TPSA) is 199 Å². The van der Waals surface area contributed by atoms with E-state index in [4.69, 9.17) is 18.9 Å². The molecule has 62 heavy (non-hydrogen) atoms. The molecular weight excluding hydrogens is 801 g/mol. The normalized spacial score (nSPS) is 26.6. The number of carbonyl (C=O) groups is 4. The number of piperidine rings is 4. The minimum atomic E-state index is -0.950. The fourth-order valence-electron chi connectivity index (χ4n) is 11.2. The van der Waals surface area contributed by atoms with E-state index < -0.39 is 92.6 Å². The average molecular weight is 875 g/mol. The molecule has 0 spiro atoms. The third kappa shape index (κ3) is 10.0. The number of ether oxygens (including phenoxy) is 4. The molecular formula is C46H74N4O12. The van der Waals surface area contributed by atoms with E-state index in [1.165, 1.54) is 20.3 Å². The smallest absolute Gasteiger partial charge is 0.339 e. The van der Waals surface area contributed by atoms with Crippen LogP contribution in [0.5, 0.6) is 0 Å². The highest BCUT2D eigenvalue weighted by Crippen LogP contribution is 2.43. The van der Waals surface area contributed by atoms with Crippen molar-refractivity contribution in [2.75, 3.05) is 0 Å². The van der Waals surface area contributed by atoms with Crippen molar-refractivity contribution in [3.05, 3.63) is 34.4 Å². The zero-order chi connectivity index (χ0) is 47.1. The molecule has 1 aromatic carbocycles. The second-order valence-corrected chi connectivity index (χ2v) is 23.4. The van der Waals surface area contributed by atoms with Crippen molar-refractivity contribution < 1.29 is 59.0 Å². The Bertz CT molecular complexity index is 1580. The zero-order valence-electron chi connectivity index (χ0n) is 40.0. The molecule has 0 atom stereocenters. The SMILES string of the molecule is CC1(C)CC(OC(=O)c2cc(C(=O)OC3CC(C)(C)N(O)C(C)(C)C3)c(C(=O)OC3CC(C)(C)N(O)C(C)(C)C3)cc2C(=O)OC2CC(C)(C)N(O)C(C)(C)C2)CC(C)(C)N1O. The fourth-order valence-corrected chi connectivity index (χ4v) is 11.2. The Hall–Kier alpha value is -3.22. The van der Waals surface area contributed by atoms with E-state index in [0.717, 1.165) is 12.1 Å². The third-order valence-electron chi connectivity index (χ3n) is 13.5. The molecule has 4 fully saturated rings. The number of nitrogens with zero attached hydrogens (tertiary/aromatic N) is 4. The van der Waals surface area contributed by atoms with Crippen LogP contribution in [0.2, 0.25) is 0 Å². The van der Waals surface area contributed by atoms with Crippen LogP contribution in [0.1, 0.15) is 204 Å². The summed E-state index contributed by atoms with van der Waals surface area (Å²) in [6.07, 6.45) is -0.892. The van der Waals surface area contributed by atoms with Gasteiger partial charge in [-0.25, -0.2) is 19.2 Å². The van der Waals surface area contributed by atoms with Gasteiger partial charge in [-0.15, -0.1) is 0 Å². The number of hydrogen-bond donors (Lipinski definition) is 4. The molecule has 4 aliphatic rings. The summed E-state index contributed by atoms with van der Waals surface area (Å²) >= 11 is 0. The largest absolute Gasteiger partial charge is 0.459 e. The predicted molar refractivity (Wildman–Crippen MR) is 227 cm³/mol. The van der Waals surface area contributed by atoms with Gasteiger partial charge in [-0.05, 0) is 123 Å². The highest BCUT2D eigenvalue weighted by Gasteiger charge is 2.51. The van der Waals surface area contributed by atoms with Gasteiger partial charge in [0.25, 0.3) is 0 Å². The standard InChI is InChI=1S/C46H74N4O12/c1-39(2)19-27(20-40(3,4)47(39)55)59-35(51)31-17-33(37(53)61-29-23-43(9,10)49(57)44(11,12)24-29)34(38(54)62-30-25-45(13,14)50(58)46(15,16)26-30)18-32(31)36(52)60-28-21-41(5,6)48(56)42(7,8)22-28/h17-18,27-30,55-58H,19-26H2,1-16H3. The minimum absolute atomic E-state index is 0.246. The Morgan fingerprint density at radius 2 is 0.484 bits per heavy atom. The van der Waals surface area contributed by atoms with Crippen LogP contribution >= 0.6 is 0 Å². The number of hydrogen-bond acceptors (Lipinski definition) is 16. The Kier molecular flexibility index (Phi) is 13.1. The van der Waals surface area contributed by atoms with Crippen LogP contribution in [0, 0.1) is 0 Å². The number of benzene rings is 1. The molecule has 4 N–H and O–H groups in total. The Morgan fingerprint density at radius 3 is 0.613 bits per heavy atom. The lowest BCUT2D eigenvalue weighted by Gasteiger charge is -2.51. The molecule has 0 unspecified atom stereocenters. The van der Waals surface area contributed by atoms with Crippen LogP contribution in [0.15, 0.2) is 12.1 Å². The lowest BCUT2D eigenvalue weighted by molar-refractivity contribution is -0.257. The molecule has 0 aromatic heterocycles. The number of esters is 4. The van der Waals surface area contributed by atoms with Gasteiger partial charge < -0.3 is 39.8 Å². The minimum Gasteiger partial charge on any atom is -0.459 e. The van der Waals surface area contributed by atoms with E-state index in [1.54, 1.807) is 0 Å². The molecule has 0 amide bonds. The van der Waals surface area contributed by atoms with Gasteiger partial charge in [0.05, 0.1) is 22.3 Å². The van der Waals surface area contributed by atoms with Crippen LogP contribution < -0.4 is 0 Å². The lowest BCUT2D eigenvalue weighted by Crippen LogP contribution is -2.61. The predicted octanol–water partition coefficient (Wildman–Crippen LogP) is 7.96. The van der Waals surface area contributed by atoms with Gasteiger partial charge in [0.15, 0.2) is 0 Å². The first-order chi connectivity index (χ1) is 27.9. The zero-order valence-corrected chi connectivity index (χ0v) is 40.0. The molecule has 1 aromatic rings. The van der Waals surface area contributed by atoms with E-state index in [9.17, 15) is 40.0 Å². The van der Waals surface area contributed by atoms with Crippen molar-refractivity contribution in [2.45, 2.75) is 231 Å². The number of carbonyl (C=O) groups excluding carboxylic acids is 4. The second kappa shape index (κ2) is 16.3. The van der Waals surface area contributed by atoms with Gasteiger partial charge in [0.2, 0.25) is 0 Å². The van der Waals surface area contributed by atoms with Crippen LogP contribution in [-0.2, 0) is 18.9 Å². The average Bonchev–Trinajstić information content (AvgIpc) is 3.09. The number of hydroxylamine groups is 8. The van der Waals surface area contributed by atoms with Crippen LogP contribution in [0.3, 0.4) is 0 Å². The first kappa shape index (κ1) is 49.8. The van der Waals surface area contributed by atoms with Crippen molar-refractivity contribution in [2.24, 2.45) is 0 Å². The molecule has 0 aliphatic carbocycles. The summed E-state index contributed by atoms with van der Waals surface area (Å²) in [5.41, 5.74) is -7.67.